The molecule has 0 radical (unpaired) electrons. The van der Waals surface area contributed by atoms with E-state index >= 15 is 0 Å². The van der Waals surface area contributed by atoms with Crippen LogP contribution in [0.5, 0.6) is 0 Å². The number of sulfonamides is 1. The lowest BCUT2D eigenvalue weighted by Crippen LogP contribution is -2.47. The number of hydrogen-bond acceptors (Lipinski definition) is 4. The lowest BCUT2D eigenvalue weighted by atomic mass is 9.86. The van der Waals surface area contributed by atoms with Crippen molar-refractivity contribution in [2.75, 3.05) is 18.4 Å². The number of hydrogen-bond donors (Lipinski definition) is 2. The van der Waals surface area contributed by atoms with Gasteiger partial charge in [-0.1, -0.05) is 30.3 Å². The van der Waals surface area contributed by atoms with Gasteiger partial charge in [-0.2, -0.15) is 4.31 Å². The van der Waals surface area contributed by atoms with Crippen molar-refractivity contribution in [2.24, 2.45) is 0 Å². The van der Waals surface area contributed by atoms with Crippen molar-refractivity contribution < 1.29 is 18.3 Å². The lowest BCUT2D eigenvalue weighted by molar-refractivity contribution is -0.114. The number of amides is 1. The predicted octanol–water partition coefficient (Wildman–Crippen LogP) is 2.40. The standard InChI is InChI=1S/C20H24N2O4S/c1-16(23)21-18-7-9-19(10-8-18)27(25,26)22-13-11-20(24,12-14-22)15-17-5-3-2-4-6-17/h2-10,24H,11-15H2,1H3,(H,21,23). The minimum Gasteiger partial charge on any atom is -0.389 e. The first-order valence-corrected chi connectivity index (χ1v) is 10.4. The fourth-order valence-corrected chi connectivity index (χ4v) is 4.80. The molecule has 2 N–H and O–H groups in total. The number of anilines is 1. The largest absolute Gasteiger partial charge is 0.389 e. The molecule has 1 amide bonds. The number of nitrogens with one attached hydrogen (secondary N) is 1. The summed E-state index contributed by atoms with van der Waals surface area (Å²) in [5, 5.41) is 13.5. The number of nitrogens with zero attached hydrogens (tertiary/aromatic N) is 1. The first kappa shape index (κ1) is 19.5. The van der Waals surface area contributed by atoms with Gasteiger partial charge in [-0.05, 0) is 42.7 Å². The summed E-state index contributed by atoms with van der Waals surface area (Å²) in [6.07, 6.45) is 1.31. The highest BCUT2D eigenvalue weighted by atomic mass is 32.2. The second-order valence-corrected chi connectivity index (χ2v) is 8.93. The van der Waals surface area contributed by atoms with Gasteiger partial charge >= 0.3 is 0 Å². The molecule has 1 saturated heterocycles. The number of carbonyl (C=O) groups excluding carboxylic acids is 1. The van der Waals surface area contributed by atoms with E-state index in [1.807, 2.05) is 30.3 Å². The zero-order valence-corrected chi connectivity index (χ0v) is 16.1. The molecular formula is C20H24N2O4S. The van der Waals surface area contributed by atoms with E-state index in [1.165, 1.54) is 23.4 Å². The SMILES string of the molecule is CC(=O)Nc1ccc(S(=O)(=O)N2CCC(O)(Cc3ccccc3)CC2)cc1. The predicted molar refractivity (Wildman–Crippen MR) is 104 cm³/mol. The van der Waals surface area contributed by atoms with Crippen LogP contribution in [0.1, 0.15) is 25.3 Å². The molecule has 1 aliphatic rings. The summed E-state index contributed by atoms with van der Waals surface area (Å²) >= 11 is 0. The van der Waals surface area contributed by atoms with E-state index in [9.17, 15) is 18.3 Å². The van der Waals surface area contributed by atoms with Gasteiger partial charge in [0.1, 0.15) is 0 Å². The number of piperidine rings is 1. The molecule has 0 bridgehead atoms. The Morgan fingerprint density at radius 1 is 1.07 bits per heavy atom. The molecule has 144 valence electrons. The summed E-state index contributed by atoms with van der Waals surface area (Å²) in [4.78, 5) is 11.3. The molecule has 27 heavy (non-hydrogen) atoms. The van der Waals surface area contributed by atoms with Gasteiger partial charge in [-0.3, -0.25) is 4.79 Å². The van der Waals surface area contributed by atoms with E-state index in [0.717, 1.165) is 5.56 Å². The van der Waals surface area contributed by atoms with Crippen LogP contribution in [0.25, 0.3) is 0 Å². The zero-order valence-electron chi connectivity index (χ0n) is 15.3. The smallest absolute Gasteiger partial charge is 0.243 e. The molecule has 0 saturated carbocycles. The monoisotopic (exact) mass is 388 g/mol. The highest BCUT2D eigenvalue weighted by Gasteiger charge is 2.37. The van der Waals surface area contributed by atoms with Gasteiger partial charge in [0.25, 0.3) is 0 Å². The summed E-state index contributed by atoms with van der Waals surface area (Å²) < 4.78 is 27.1. The van der Waals surface area contributed by atoms with Crippen LogP contribution in [-0.4, -0.2) is 42.4 Å². The van der Waals surface area contributed by atoms with Crippen LogP contribution in [0.3, 0.4) is 0 Å². The molecule has 1 fully saturated rings. The van der Waals surface area contributed by atoms with Crippen molar-refractivity contribution in [1.29, 1.82) is 0 Å². The molecule has 2 aromatic carbocycles. The van der Waals surface area contributed by atoms with E-state index in [1.54, 1.807) is 12.1 Å². The fourth-order valence-electron chi connectivity index (χ4n) is 3.36. The van der Waals surface area contributed by atoms with Crippen LogP contribution >= 0.6 is 0 Å². The van der Waals surface area contributed by atoms with E-state index < -0.39 is 15.6 Å². The Hall–Kier alpha value is -2.22. The summed E-state index contributed by atoms with van der Waals surface area (Å²) in [6.45, 7) is 1.95. The van der Waals surface area contributed by atoms with Crippen molar-refractivity contribution in [3.8, 4) is 0 Å². The summed E-state index contributed by atoms with van der Waals surface area (Å²) in [5.74, 6) is -0.209. The van der Waals surface area contributed by atoms with Gasteiger partial charge in [-0.15, -0.1) is 0 Å². The maximum absolute atomic E-state index is 12.8. The maximum atomic E-state index is 12.8. The van der Waals surface area contributed by atoms with Crippen LogP contribution in [0.2, 0.25) is 0 Å². The van der Waals surface area contributed by atoms with E-state index in [0.29, 0.717) is 24.9 Å². The number of carbonyl (C=O) groups is 1. The number of rotatable bonds is 5. The van der Waals surface area contributed by atoms with Crippen LogP contribution in [0.4, 0.5) is 5.69 Å². The Morgan fingerprint density at radius 3 is 2.22 bits per heavy atom. The molecular weight excluding hydrogens is 364 g/mol. The molecule has 0 atom stereocenters. The molecule has 7 heteroatoms. The third kappa shape index (κ3) is 4.74. The summed E-state index contributed by atoms with van der Waals surface area (Å²) in [7, 11) is -3.62. The average Bonchev–Trinajstić information content (AvgIpc) is 2.62. The van der Waals surface area contributed by atoms with Gasteiger partial charge in [-0.25, -0.2) is 8.42 Å². The Morgan fingerprint density at radius 2 is 1.67 bits per heavy atom. The highest BCUT2D eigenvalue weighted by molar-refractivity contribution is 7.89. The second kappa shape index (κ2) is 7.80. The first-order chi connectivity index (χ1) is 12.8. The lowest BCUT2D eigenvalue weighted by Gasteiger charge is -2.37. The van der Waals surface area contributed by atoms with Crippen LogP contribution in [-0.2, 0) is 21.2 Å². The third-order valence-corrected chi connectivity index (χ3v) is 6.75. The molecule has 0 aromatic heterocycles. The van der Waals surface area contributed by atoms with E-state index in [2.05, 4.69) is 5.32 Å². The fraction of sp³-hybridized carbons (Fsp3) is 0.350. The Kier molecular flexibility index (Phi) is 5.64. The quantitative estimate of drug-likeness (QED) is 0.823. The highest BCUT2D eigenvalue weighted by Crippen LogP contribution is 2.29. The summed E-state index contributed by atoms with van der Waals surface area (Å²) in [5.41, 5.74) is 0.713. The Bertz CT molecular complexity index is 887. The second-order valence-electron chi connectivity index (χ2n) is 7.00. The van der Waals surface area contributed by atoms with Crippen LogP contribution < -0.4 is 5.32 Å². The minimum atomic E-state index is -3.62. The van der Waals surface area contributed by atoms with Crippen molar-refractivity contribution in [2.45, 2.75) is 36.7 Å². The maximum Gasteiger partial charge on any atom is 0.243 e. The topological polar surface area (TPSA) is 86.7 Å². The third-order valence-electron chi connectivity index (χ3n) is 4.84. The number of benzene rings is 2. The Balaban J connectivity index is 1.66. The minimum absolute atomic E-state index is 0.185. The average molecular weight is 388 g/mol. The normalized spacial score (nSPS) is 17.4. The van der Waals surface area contributed by atoms with Crippen LogP contribution in [0, 0.1) is 0 Å². The zero-order chi connectivity index (χ0) is 19.5. The van der Waals surface area contributed by atoms with Gasteiger partial charge in [0.15, 0.2) is 0 Å². The van der Waals surface area contributed by atoms with Gasteiger partial charge < -0.3 is 10.4 Å². The van der Waals surface area contributed by atoms with E-state index in [-0.39, 0.29) is 23.9 Å². The van der Waals surface area contributed by atoms with Crippen molar-refractivity contribution in [1.82, 2.24) is 4.31 Å². The van der Waals surface area contributed by atoms with Gasteiger partial charge in [0.2, 0.25) is 15.9 Å². The molecule has 6 nitrogen and oxygen atoms in total. The Labute approximate surface area is 159 Å². The van der Waals surface area contributed by atoms with Crippen molar-refractivity contribution >= 4 is 21.6 Å². The van der Waals surface area contributed by atoms with Gasteiger partial charge in [0.05, 0.1) is 10.5 Å². The summed E-state index contributed by atoms with van der Waals surface area (Å²) in [6, 6.07) is 15.9. The van der Waals surface area contributed by atoms with Gasteiger partial charge in [0, 0.05) is 32.1 Å². The molecule has 2 aromatic rings. The van der Waals surface area contributed by atoms with Crippen molar-refractivity contribution in [3.05, 3.63) is 60.2 Å². The molecule has 0 spiro atoms. The van der Waals surface area contributed by atoms with E-state index in [4.69, 9.17) is 0 Å². The first-order valence-electron chi connectivity index (χ1n) is 8.93. The van der Waals surface area contributed by atoms with Crippen LogP contribution in [0.15, 0.2) is 59.5 Å². The molecule has 1 heterocycles. The van der Waals surface area contributed by atoms with Crippen molar-refractivity contribution in [3.63, 3.8) is 0 Å². The molecule has 0 aliphatic carbocycles. The molecule has 1 aliphatic heterocycles. The molecule has 3 rings (SSSR count). The number of aliphatic hydroxyl groups is 1. The molecule has 0 unspecified atom stereocenters.